The lowest BCUT2D eigenvalue weighted by molar-refractivity contribution is 0.0923. The molecule has 1 aromatic rings. The Hall–Kier alpha value is -0.550. The number of hydrogen-bond donors (Lipinski definition) is 1. The molecule has 1 N–H and O–H groups in total. The van der Waals surface area contributed by atoms with E-state index in [0.29, 0.717) is 16.2 Å². The second kappa shape index (κ2) is 6.57. The first-order valence-electron chi connectivity index (χ1n) is 5.64. The predicted molar refractivity (Wildman–Crippen MR) is 84.2 cm³/mol. The van der Waals surface area contributed by atoms with Gasteiger partial charge in [-0.05, 0) is 25.1 Å². The zero-order valence-corrected chi connectivity index (χ0v) is 14.0. The minimum Gasteiger partial charge on any atom is -0.378 e. The number of carbonyl (C=O) groups excluding carboxylic acids is 1. The zero-order chi connectivity index (χ0) is 13.8. The second-order valence-corrected chi connectivity index (χ2v) is 5.85. The Bertz CT molecular complexity index is 417. The molecule has 0 saturated carbocycles. The lowest BCUT2D eigenvalue weighted by Crippen LogP contribution is -2.48. The molecule has 0 spiro atoms. The number of alkyl halides is 2. The maximum atomic E-state index is 12.2. The zero-order valence-electron chi connectivity index (χ0n) is 10.8. The molecular formula is C13H18Br2N2O. The average molecular weight is 378 g/mol. The molecule has 1 amide bonds. The van der Waals surface area contributed by atoms with Gasteiger partial charge in [0.25, 0.3) is 5.91 Å². The molecule has 0 heterocycles. The van der Waals surface area contributed by atoms with Gasteiger partial charge in [-0.25, -0.2) is 0 Å². The highest BCUT2D eigenvalue weighted by Gasteiger charge is 2.24. The molecule has 0 aliphatic carbocycles. The largest absolute Gasteiger partial charge is 0.378 e. The number of amides is 1. The summed E-state index contributed by atoms with van der Waals surface area (Å²) in [4.78, 5) is 14.2. The Morgan fingerprint density at radius 3 is 2.44 bits per heavy atom. The van der Waals surface area contributed by atoms with Crippen LogP contribution in [0.2, 0.25) is 0 Å². The van der Waals surface area contributed by atoms with Crippen molar-refractivity contribution in [2.24, 2.45) is 0 Å². The maximum Gasteiger partial charge on any atom is 0.251 e. The highest BCUT2D eigenvalue weighted by Crippen LogP contribution is 2.16. The normalized spacial score (nSPS) is 11.2. The van der Waals surface area contributed by atoms with Gasteiger partial charge in [0.2, 0.25) is 0 Å². The van der Waals surface area contributed by atoms with Crippen molar-refractivity contribution in [2.75, 3.05) is 29.7 Å². The van der Waals surface area contributed by atoms with Crippen molar-refractivity contribution in [3.05, 3.63) is 29.8 Å². The minimum absolute atomic E-state index is 0.0555. The van der Waals surface area contributed by atoms with Crippen LogP contribution in [0.1, 0.15) is 17.3 Å². The second-order valence-electron chi connectivity index (χ2n) is 4.73. The van der Waals surface area contributed by atoms with Gasteiger partial charge in [-0.1, -0.05) is 37.9 Å². The van der Waals surface area contributed by atoms with Crippen LogP contribution in [0, 0.1) is 0 Å². The lowest BCUT2D eigenvalue weighted by atomic mass is 10.1. The van der Waals surface area contributed by atoms with Crippen molar-refractivity contribution in [3.8, 4) is 0 Å². The molecule has 3 nitrogen and oxygen atoms in total. The molecule has 0 atom stereocenters. The number of benzene rings is 1. The molecule has 0 aromatic heterocycles. The molecule has 5 heteroatoms. The highest BCUT2D eigenvalue weighted by molar-refractivity contribution is 9.09. The fraction of sp³-hybridized carbons (Fsp3) is 0.462. The molecule has 0 saturated heterocycles. The Kier molecular flexibility index (Phi) is 5.66. The van der Waals surface area contributed by atoms with Gasteiger partial charge in [0.15, 0.2) is 0 Å². The van der Waals surface area contributed by atoms with Gasteiger partial charge >= 0.3 is 0 Å². The SMILES string of the molecule is CN(C)c1cccc(C(=O)NC(C)(CBr)CBr)c1. The molecule has 0 unspecified atom stereocenters. The third-order valence-electron chi connectivity index (χ3n) is 2.63. The number of rotatable bonds is 5. The Labute approximate surface area is 125 Å². The third-order valence-corrected chi connectivity index (χ3v) is 5.11. The van der Waals surface area contributed by atoms with Crippen LogP contribution < -0.4 is 10.2 Å². The number of anilines is 1. The molecule has 18 heavy (non-hydrogen) atoms. The van der Waals surface area contributed by atoms with Crippen molar-refractivity contribution in [1.82, 2.24) is 5.32 Å². The Morgan fingerprint density at radius 1 is 1.33 bits per heavy atom. The summed E-state index contributed by atoms with van der Waals surface area (Å²) in [5.74, 6) is -0.0555. The number of nitrogens with one attached hydrogen (secondary N) is 1. The summed E-state index contributed by atoms with van der Waals surface area (Å²) in [6.07, 6.45) is 0. The van der Waals surface area contributed by atoms with E-state index in [2.05, 4.69) is 37.2 Å². The van der Waals surface area contributed by atoms with Crippen molar-refractivity contribution < 1.29 is 4.79 Å². The summed E-state index contributed by atoms with van der Waals surface area (Å²) >= 11 is 6.84. The number of carbonyl (C=O) groups is 1. The summed E-state index contributed by atoms with van der Waals surface area (Å²) in [5, 5.41) is 4.42. The van der Waals surface area contributed by atoms with Crippen LogP contribution in [-0.2, 0) is 0 Å². The molecular weight excluding hydrogens is 360 g/mol. The summed E-state index contributed by atoms with van der Waals surface area (Å²) < 4.78 is 0. The monoisotopic (exact) mass is 376 g/mol. The van der Waals surface area contributed by atoms with Crippen LogP contribution in [0.5, 0.6) is 0 Å². The van der Waals surface area contributed by atoms with E-state index >= 15 is 0 Å². The smallest absolute Gasteiger partial charge is 0.251 e. The molecule has 0 radical (unpaired) electrons. The molecule has 0 aliphatic rings. The van der Waals surface area contributed by atoms with Crippen LogP contribution in [0.4, 0.5) is 5.69 Å². The van der Waals surface area contributed by atoms with E-state index in [1.807, 2.05) is 50.2 Å². The third kappa shape index (κ3) is 3.99. The number of halogens is 2. The summed E-state index contributed by atoms with van der Waals surface area (Å²) in [7, 11) is 3.91. The van der Waals surface area contributed by atoms with Gasteiger partial charge in [-0.2, -0.15) is 0 Å². The predicted octanol–water partition coefficient (Wildman–Crippen LogP) is 3.03. The molecule has 0 fully saturated rings. The van der Waals surface area contributed by atoms with E-state index in [-0.39, 0.29) is 11.4 Å². The molecule has 100 valence electrons. The molecule has 0 bridgehead atoms. The van der Waals surface area contributed by atoms with Crippen molar-refractivity contribution in [3.63, 3.8) is 0 Å². The Balaban J connectivity index is 2.88. The molecule has 1 aromatic carbocycles. The minimum atomic E-state index is -0.287. The quantitative estimate of drug-likeness (QED) is 0.800. The van der Waals surface area contributed by atoms with Crippen LogP contribution in [0.15, 0.2) is 24.3 Å². The molecule has 0 aliphatic heterocycles. The van der Waals surface area contributed by atoms with Gasteiger partial charge in [-0.15, -0.1) is 0 Å². The fourth-order valence-corrected chi connectivity index (χ4v) is 2.58. The van der Waals surface area contributed by atoms with Crippen molar-refractivity contribution in [2.45, 2.75) is 12.5 Å². The van der Waals surface area contributed by atoms with E-state index in [1.165, 1.54) is 0 Å². The van der Waals surface area contributed by atoms with Gasteiger partial charge in [0, 0.05) is 36.0 Å². The van der Waals surface area contributed by atoms with Crippen LogP contribution in [-0.4, -0.2) is 36.2 Å². The van der Waals surface area contributed by atoms with Crippen LogP contribution >= 0.6 is 31.9 Å². The fourth-order valence-electron chi connectivity index (χ4n) is 1.37. The van der Waals surface area contributed by atoms with E-state index in [0.717, 1.165) is 5.69 Å². The van der Waals surface area contributed by atoms with E-state index in [9.17, 15) is 4.79 Å². The first-order valence-corrected chi connectivity index (χ1v) is 7.88. The molecule has 1 rings (SSSR count). The van der Waals surface area contributed by atoms with Gasteiger partial charge in [0.05, 0.1) is 5.54 Å². The van der Waals surface area contributed by atoms with Crippen LogP contribution in [0.3, 0.4) is 0 Å². The van der Waals surface area contributed by atoms with E-state index in [1.54, 1.807) is 0 Å². The number of nitrogens with zero attached hydrogens (tertiary/aromatic N) is 1. The highest BCUT2D eigenvalue weighted by atomic mass is 79.9. The summed E-state index contributed by atoms with van der Waals surface area (Å²) in [6, 6.07) is 7.58. The topological polar surface area (TPSA) is 32.3 Å². The van der Waals surface area contributed by atoms with Gasteiger partial charge < -0.3 is 10.2 Å². The summed E-state index contributed by atoms with van der Waals surface area (Å²) in [6.45, 7) is 1.99. The first-order chi connectivity index (χ1) is 8.41. The Morgan fingerprint density at radius 2 is 1.94 bits per heavy atom. The first kappa shape index (κ1) is 15.5. The van der Waals surface area contributed by atoms with E-state index < -0.39 is 0 Å². The standard InChI is InChI=1S/C13H18Br2N2O/c1-13(8-14,9-15)16-12(18)10-5-4-6-11(7-10)17(2)3/h4-7H,8-9H2,1-3H3,(H,16,18). The maximum absolute atomic E-state index is 12.2. The lowest BCUT2D eigenvalue weighted by Gasteiger charge is -2.26. The number of hydrogen-bond acceptors (Lipinski definition) is 2. The van der Waals surface area contributed by atoms with Crippen molar-refractivity contribution >= 4 is 43.5 Å². The van der Waals surface area contributed by atoms with Gasteiger partial charge in [-0.3, -0.25) is 4.79 Å². The summed E-state index contributed by atoms with van der Waals surface area (Å²) in [5.41, 5.74) is 1.40. The van der Waals surface area contributed by atoms with Crippen LogP contribution in [0.25, 0.3) is 0 Å². The van der Waals surface area contributed by atoms with Gasteiger partial charge in [0.1, 0.15) is 0 Å². The average Bonchev–Trinajstić information content (AvgIpc) is 2.38. The van der Waals surface area contributed by atoms with Crippen molar-refractivity contribution in [1.29, 1.82) is 0 Å². The van der Waals surface area contributed by atoms with E-state index in [4.69, 9.17) is 0 Å².